The first-order chi connectivity index (χ1) is 20.1. The van der Waals surface area contributed by atoms with E-state index in [-0.39, 0.29) is 18.1 Å². The lowest BCUT2D eigenvalue weighted by Gasteiger charge is -2.29. The number of hydrogen-bond acceptors (Lipinski definition) is 6. The van der Waals surface area contributed by atoms with Gasteiger partial charge in [-0.15, -0.1) is 0 Å². The summed E-state index contributed by atoms with van der Waals surface area (Å²) in [4.78, 5) is 32.9. The van der Waals surface area contributed by atoms with E-state index < -0.39 is 0 Å². The second-order valence-electron chi connectivity index (χ2n) is 10.3. The van der Waals surface area contributed by atoms with Gasteiger partial charge in [0.15, 0.2) is 0 Å². The Morgan fingerprint density at radius 2 is 1.61 bits per heavy atom. The van der Waals surface area contributed by atoms with Crippen molar-refractivity contribution >= 4 is 11.6 Å². The van der Waals surface area contributed by atoms with E-state index in [1.807, 2.05) is 77.7 Å². The first-order valence-electron chi connectivity index (χ1n) is 14.1. The molecule has 2 saturated heterocycles. The molecule has 2 fully saturated rings. The van der Waals surface area contributed by atoms with Crippen LogP contribution in [-0.4, -0.2) is 79.5 Å². The molecule has 0 radical (unpaired) electrons. The van der Waals surface area contributed by atoms with E-state index in [9.17, 15) is 9.59 Å². The van der Waals surface area contributed by atoms with Gasteiger partial charge in [0.2, 0.25) is 0 Å². The summed E-state index contributed by atoms with van der Waals surface area (Å²) in [5.74, 6) is 0.555. The highest BCUT2D eigenvalue weighted by atomic mass is 16.5. The summed E-state index contributed by atoms with van der Waals surface area (Å²) in [6.07, 6.45) is 0. The lowest BCUT2D eigenvalue weighted by Crippen LogP contribution is -2.47. The number of carbonyl (C=O) groups excluding carboxylic acids is 1. The maximum atomic E-state index is 14.5. The Labute approximate surface area is 239 Å². The van der Waals surface area contributed by atoms with Crippen molar-refractivity contribution in [1.82, 2.24) is 19.4 Å². The zero-order chi connectivity index (χ0) is 28.2. The van der Waals surface area contributed by atoms with Crippen LogP contribution in [0.5, 0.6) is 5.75 Å². The summed E-state index contributed by atoms with van der Waals surface area (Å²) in [5, 5.41) is 3.32. The second-order valence-corrected chi connectivity index (χ2v) is 10.3. The van der Waals surface area contributed by atoms with Gasteiger partial charge in [0, 0.05) is 50.5 Å². The van der Waals surface area contributed by atoms with Crippen LogP contribution in [0.15, 0.2) is 83.7 Å². The van der Waals surface area contributed by atoms with E-state index in [0.29, 0.717) is 43.4 Å². The Bertz CT molecular complexity index is 1570. The van der Waals surface area contributed by atoms with Gasteiger partial charge in [0.05, 0.1) is 38.2 Å². The van der Waals surface area contributed by atoms with Crippen molar-refractivity contribution in [2.75, 3.05) is 64.5 Å². The molecule has 41 heavy (non-hydrogen) atoms. The van der Waals surface area contributed by atoms with Gasteiger partial charge in [-0.3, -0.25) is 13.9 Å². The number of amides is 1. The van der Waals surface area contributed by atoms with Gasteiger partial charge >= 0.3 is 5.69 Å². The van der Waals surface area contributed by atoms with Crippen LogP contribution in [0.2, 0.25) is 0 Å². The number of anilines is 1. The minimum absolute atomic E-state index is 0.145. The highest BCUT2D eigenvalue weighted by Crippen LogP contribution is 2.30. The second kappa shape index (κ2) is 12.0. The molecule has 2 aliphatic heterocycles. The number of ether oxygens (including phenoxy) is 2. The fraction of sp³-hybridized carbons (Fsp3) is 0.312. The Morgan fingerprint density at radius 3 is 2.37 bits per heavy atom. The van der Waals surface area contributed by atoms with Crippen LogP contribution < -0.4 is 20.6 Å². The largest absolute Gasteiger partial charge is 0.497 e. The molecule has 0 atom stereocenters. The van der Waals surface area contributed by atoms with Crippen LogP contribution in [0.3, 0.4) is 0 Å². The summed E-state index contributed by atoms with van der Waals surface area (Å²) in [7, 11) is 1.62. The number of aromatic nitrogens is 2. The summed E-state index contributed by atoms with van der Waals surface area (Å²) in [6.45, 7) is 5.74. The van der Waals surface area contributed by atoms with Crippen molar-refractivity contribution in [1.29, 1.82) is 0 Å². The molecular weight excluding hydrogens is 518 g/mol. The maximum Gasteiger partial charge on any atom is 0.334 e. The molecule has 0 spiro atoms. The molecule has 3 heterocycles. The number of nitrogens with zero attached hydrogens (tertiary/aromatic N) is 4. The standard InChI is InChI=1S/C32H35N5O4/c1-40-28-12-5-7-24(21-28)23-36-30(31(38)35-15-13-33-14-16-35)29(25-8-3-2-4-9-25)37(32(36)39)27-11-6-10-26(22-27)34-17-19-41-20-18-34/h2-12,21-22,33H,13-20,23H2,1H3. The number of piperazine rings is 1. The normalized spacial score (nSPS) is 15.6. The lowest BCUT2D eigenvalue weighted by molar-refractivity contribution is 0.0725. The first-order valence-corrected chi connectivity index (χ1v) is 14.1. The number of carbonyl (C=O) groups is 1. The molecule has 2 aliphatic rings. The van der Waals surface area contributed by atoms with Crippen molar-refractivity contribution in [3.63, 3.8) is 0 Å². The molecule has 9 nitrogen and oxygen atoms in total. The topological polar surface area (TPSA) is 81.0 Å². The summed E-state index contributed by atoms with van der Waals surface area (Å²) >= 11 is 0. The fourth-order valence-electron chi connectivity index (χ4n) is 5.63. The van der Waals surface area contributed by atoms with Crippen molar-refractivity contribution < 1.29 is 14.3 Å². The van der Waals surface area contributed by atoms with Gasteiger partial charge in [-0.2, -0.15) is 0 Å². The number of benzene rings is 3. The van der Waals surface area contributed by atoms with Crippen LogP contribution in [0.4, 0.5) is 5.69 Å². The van der Waals surface area contributed by atoms with Gasteiger partial charge in [0.25, 0.3) is 5.91 Å². The predicted molar refractivity (Wildman–Crippen MR) is 159 cm³/mol. The van der Waals surface area contributed by atoms with Crippen molar-refractivity contribution in [2.24, 2.45) is 0 Å². The average molecular weight is 554 g/mol. The molecule has 1 aromatic heterocycles. The number of rotatable bonds is 7. The number of hydrogen-bond donors (Lipinski definition) is 1. The van der Waals surface area contributed by atoms with E-state index in [1.165, 1.54) is 0 Å². The Kier molecular flexibility index (Phi) is 7.89. The number of imidazole rings is 1. The van der Waals surface area contributed by atoms with Gasteiger partial charge in [-0.05, 0) is 35.9 Å². The van der Waals surface area contributed by atoms with E-state index in [0.717, 1.165) is 48.7 Å². The Hall–Kier alpha value is -4.34. The van der Waals surface area contributed by atoms with Crippen LogP contribution in [0, 0.1) is 0 Å². The molecule has 6 rings (SSSR count). The quantitative estimate of drug-likeness (QED) is 0.379. The van der Waals surface area contributed by atoms with E-state index in [2.05, 4.69) is 16.3 Å². The monoisotopic (exact) mass is 553 g/mol. The van der Waals surface area contributed by atoms with E-state index in [1.54, 1.807) is 16.2 Å². The molecule has 3 aromatic carbocycles. The van der Waals surface area contributed by atoms with Gasteiger partial charge in [-0.25, -0.2) is 4.79 Å². The number of nitrogens with one attached hydrogen (secondary N) is 1. The summed E-state index contributed by atoms with van der Waals surface area (Å²) in [5.41, 5.74) is 4.15. The molecule has 9 heteroatoms. The van der Waals surface area contributed by atoms with Crippen LogP contribution in [0.25, 0.3) is 16.9 Å². The van der Waals surface area contributed by atoms with Crippen LogP contribution in [0.1, 0.15) is 16.1 Å². The zero-order valence-electron chi connectivity index (χ0n) is 23.3. The van der Waals surface area contributed by atoms with Crippen molar-refractivity contribution in [3.05, 3.63) is 101 Å². The Balaban J connectivity index is 1.57. The van der Waals surface area contributed by atoms with Crippen molar-refractivity contribution in [2.45, 2.75) is 6.54 Å². The molecule has 0 unspecified atom stereocenters. The third-order valence-electron chi connectivity index (χ3n) is 7.73. The van der Waals surface area contributed by atoms with E-state index >= 15 is 0 Å². The lowest BCUT2D eigenvalue weighted by atomic mass is 10.1. The van der Waals surface area contributed by atoms with Gasteiger partial charge in [-0.1, -0.05) is 48.5 Å². The van der Waals surface area contributed by atoms with Gasteiger partial charge in [0.1, 0.15) is 11.4 Å². The molecule has 1 amide bonds. The SMILES string of the molecule is COc1cccc(Cn2c(C(=O)N3CCNCC3)c(-c3ccccc3)n(-c3cccc(N4CCOCC4)c3)c2=O)c1. The predicted octanol–water partition coefficient (Wildman–Crippen LogP) is 3.24. The van der Waals surface area contributed by atoms with Crippen LogP contribution >= 0.6 is 0 Å². The maximum absolute atomic E-state index is 14.5. The molecule has 0 saturated carbocycles. The highest BCUT2D eigenvalue weighted by molar-refractivity contribution is 5.99. The number of morpholine rings is 1. The molecular formula is C32H35N5O4. The van der Waals surface area contributed by atoms with E-state index in [4.69, 9.17) is 9.47 Å². The van der Waals surface area contributed by atoms with Crippen LogP contribution in [-0.2, 0) is 11.3 Å². The molecule has 0 aliphatic carbocycles. The third kappa shape index (κ3) is 5.51. The minimum atomic E-state index is -0.260. The minimum Gasteiger partial charge on any atom is -0.497 e. The van der Waals surface area contributed by atoms with Crippen molar-refractivity contribution in [3.8, 4) is 22.7 Å². The third-order valence-corrected chi connectivity index (χ3v) is 7.73. The summed E-state index contributed by atoms with van der Waals surface area (Å²) < 4.78 is 14.3. The molecule has 1 N–H and O–H groups in total. The van der Waals surface area contributed by atoms with Gasteiger partial charge < -0.3 is 24.6 Å². The highest BCUT2D eigenvalue weighted by Gasteiger charge is 2.31. The molecule has 0 bridgehead atoms. The Morgan fingerprint density at radius 1 is 0.878 bits per heavy atom. The molecule has 212 valence electrons. The fourth-order valence-corrected chi connectivity index (χ4v) is 5.63. The number of methoxy groups -OCH3 is 1. The first kappa shape index (κ1) is 26.9. The molecule has 4 aromatic rings. The zero-order valence-corrected chi connectivity index (χ0v) is 23.3. The summed E-state index contributed by atoms with van der Waals surface area (Å²) in [6, 6.07) is 25.4. The average Bonchev–Trinajstić information content (AvgIpc) is 3.33. The smallest absolute Gasteiger partial charge is 0.334 e.